The summed E-state index contributed by atoms with van der Waals surface area (Å²) in [4.78, 5) is 0. The van der Waals surface area contributed by atoms with E-state index in [1.54, 1.807) is 0 Å². The van der Waals surface area contributed by atoms with Crippen LogP contribution in [0, 0.1) is 11.3 Å². The number of ether oxygens (including phenoxy) is 1. The minimum atomic E-state index is 0.401. The fourth-order valence-corrected chi connectivity index (χ4v) is 0.913. The van der Waals surface area contributed by atoms with Gasteiger partial charge in [0.2, 0.25) is 0 Å². The molecule has 1 N–H and O–H groups in total. The molecule has 80 valence electrons. The molecule has 2 heteroatoms. The van der Waals surface area contributed by atoms with Gasteiger partial charge in [-0.3, -0.25) is 0 Å². The smallest absolute Gasteiger partial charge is 0.0590 e. The molecule has 0 radical (unpaired) electrons. The van der Waals surface area contributed by atoms with Gasteiger partial charge in [0.1, 0.15) is 0 Å². The van der Waals surface area contributed by atoms with Gasteiger partial charge < -0.3 is 10.1 Å². The first-order chi connectivity index (χ1) is 5.98. The van der Waals surface area contributed by atoms with Crippen LogP contribution in [0.4, 0.5) is 0 Å². The normalized spacial score (nSPS) is 14.5. The van der Waals surface area contributed by atoms with E-state index in [9.17, 15) is 0 Å². The highest BCUT2D eigenvalue weighted by Crippen LogP contribution is 2.24. The van der Waals surface area contributed by atoms with Crippen LogP contribution in [0.2, 0.25) is 0 Å². The van der Waals surface area contributed by atoms with Crippen molar-refractivity contribution in [2.75, 3.05) is 26.3 Å². The summed E-state index contributed by atoms with van der Waals surface area (Å²) in [5.74, 6) is 0.703. The largest absolute Gasteiger partial charge is 0.380 e. The van der Waals surface area contributed by atoms with E-state index in [1.165, 1.54) is 0 Å². The predicted octanol–water partition coefficient (Wildman–Crippen LogP) is 2.29. The van der Waals surface area contributed by atoms with E-state index in [4.69, 9.17) is 4.74 Å². The molecule has 0 aromatic heterocycles. The van der Waals surface area contributed by atoms with E-state index in [2.05, 4.69) is 33.0 Å². The van der Waals surface area contributed by atoms with Crippen LogP contribution in [0.15, 0.2) is 0 Å². The van der Waals surface area contributed by atoms with E-state index in [1.807, 2.05) is 6.92 Å². The van der Waals surface area contributed by atoms with Gasteiger partial charge in [0.05, 0.1) is 6.61 Å². The van der Waals surface area contributed by atoms with Crippen LogP contribution in [0.1, 0.15) is 34.6 Å². The number of rotatable bonds is 6. The van der Waals surface area contributed by atoms with Crippen molar-refractivity contribution in [1.29, 1.82) is 0 Å². The quantitative estimate of drug-likeness (QED) is 0.644. The molecule has 2 nitrogen and oxygen atoms in total. The molecule has 0 aliphatic rings. The van der Waals surface area contributed by atoms with Crippen LogP contribution < -0.4 is 5.32 Å². The molecule has 1 atom stereocenters. The summed E-state index contributed by atoms with van der Waals surface area (Å²) in [6.07, 6.45) is 0. The molecule has 0 saturated heterocycles. The first kappa shape index (κ1) is 12.9. The highest BCUT2D eigenvalue weighted by atomic mass is 16.5. The van der Waals surface area contributed by atoms with Crippen molar-refractivity contribution in [3.05, 3.63) is 0 Å². The van der Waals surface area contributed by atoms with Crippen LogP contribution in [0.3, 0.4) is 0 Å². The zero-order valence-corrected chi connectivity index (χ0v) is 9.81. The molecule has 0 rings (SSSR count). The molecule has 0 aliphatic heterocycles. The lowest BCUT2D eigenvalue weighted by atomic mass is 9.82. The minimum Gasteiger partial charge on any atom is -0.380 e. The number of nitrogens with one attached hydrogen (secondary N) is 1. The molecule has 13 heavy (non-hydrogen) atoms. The Morgan fingerprint density at radius 1 is 1.31 bits per heavy atom. The van der Waals surface area contributed by atoms with Gasteiger partial charge in [-0.1, -0.05) is 27.7 Å². The zero-order chi connectivity index (χ0) is 10.3. The summed E-state index contributed by atoms with van der Waals surface area (Å²) >= 11 is 0. The van der Waals surface area contributed by atoms with Gasteiger partial charge in [-0.2, -0.15) is 0 Å². The molecule has 0 aliphatic carbocycles. The molecule has 0 bridgehead atoms. The Morgan fingerprint density at radius 3 is 2.38 bits per heavy atom. The average Bonchev–Trinajstić information content (AvgIpc) is 2.02. The minimum absolute atomic E-state index is 0.401. The second kappa shape index (κ2) is 6.39. The van der Waals surface area contributed by atoms with Crippen molar-refractivity contribution in [2.24, 2.45) is 11.3 Å². The van der Waals surface area contributed by atoms with Gasteiger partial charge in [-0.15, -0.1) is 0 Å². The van der Waals surface area contributed by atoms with E-state index < -0.39 is 0 Å². The summed E-state index contributed by atoms with van der Waals surface area (Å²) in [7, 11) is 0. The molecule has 0 amide bonds. The highest BCUT2D eigenvalue weighted by Gasteiger charge is 2.18. The van der Waals surface area contributed by atoms with Crippen molar-refractivity contribution >= 4 is 0 Å². The van der Waals surface area contributed by atoms with Gasteiger partial charge in [0.25, 0.3) is 0 Å². The van der Waals surface area contributed by atoms with Gasteiger partial charge in [-0.25, -0.2) is 0 Å². The molecule has 0 heterocycles. The second-order valence-corrected chi connectivity index (χ2v) is 4.67. The number of hydrogen-bond donors (Lipinski definition) is 1. The first-order valence-corrected chi connectivity index (χ1v) is 5.27. The molecular formula is C11H25NO. The van der Waals surface area contributed by atoms with Crippen LogP contribution in [-0.4, -0.2) is 26.3 Å². The van der Waals surface area contributed by atoms with Gasteiger partial charge in [0.15, 0.2) is 0 Å². The van der Waals surface area contributed by atoms with Crippen LogP contribution in [0.25, 0.3) is 0 Å². The Morgan fingerprint density at radius 2 is 1.92 bits per heavy atom. The average molecular weight is 187 g/mol. The topological polar surface area (TPSA) is 21.3 Å². The summed E-state index contributed by atoms with van der Waals surface area (Å²) in [6.45, 7) is 14.8. The first-order valence-electron chi connectivity index (χ1n) is 5.27. The maximum atomic E-state index is 5.24. The summed E-state index contributed by atoms with van der Waals surface area (Å²) < 4.78 is 5.24. The summed E-state index contributed by atoms with van der Waals surface area (Å²) in [5.41, 5.74) is 0.401. The van der Waals surface area contributed by atoms with Crippen molar-refractivity contribution in [2.45, 2.75) is 34.6 Å². The Labute approximate surface area is 83.1 Å². The third kappa shape index (κ3) is 7.03. The third-order valence-corrected chi connectivity index (χ3v) is 2.56. The molecule has 0 aromatic rings. The van der Waals surface area contributed by atoms with Crippen molar-refractivity contribution in [1.82, 2.24) is 5.32 Å². The Hall–Kier alpha value is -0.0800. The maximum Gasteiger partial charge on any atom is 0.0590 e. The van der Waals surface area contributed by atoms with Crippen LogP contribution in [0.5, 0.6) is 0 Å². The Kier molecular flexibility index (Phi) is 6.35. The molecule has 1 unspecified atom stereocenters. The molecular weight excluding hydrogens is 162 g/mol. The second-order valence-electron chi connectivity index (χ2n) is 4.67. The Balaban J connectivity index is 3.32. The number of hydrogen-bond acceptors (Lipinski definition) is 2. The fraction of sp³-hybridized carbons (Fsp3) is 1.00. The van der Waals surface area contributed by atoms with Crippen LogP contribution >= 0.6 is 0 Å². The van der Waals surface area contributed by atoms with E-state index >= 15 is 0 Å². The van der Waals surface area contributed by atoms with E-state index in [-0.39, 0.29) is 0 Å². The SMILES string of the molecule is CCOCCNCC(C)C(C)(C)C. The Bertz CT molecular complexity index is 118. The predicted molar refractivity (Wildman–Crippen MR) is 58.0 cm³/mol. The lowest BCUT2D eigenvalue weighted by Crippen LogP contribution is -2.31. The van der Waals surface area contributed by atoms with Crippen molar-refractivity contribution < 1.29 is 4.74 Å². The highest BCUT2D eigenvalue weighted by molar-refractivity contribution is 4.71. The van der Waals surface area contributed by atoms with Crippen molar-refractivity contribution in [3.8, 4) is 0 Å². The molecule has 0 saturated carbocycles. The lowest BCUT2D eigenvalue weighted by Gasteiger charge is -2.27. The summed E-state index contributed by atoms with van der Waals surface area (Å²) in [5, 5.41) is 3.40. The molecule has 0 fully saturated rings. The lowest BCUT2D eigenvalue weighted by molar-refractivity contribution is 0.145. The standard InChI is InChI=1S/C11H25NO/c1-6-13-8-7-12-9-10(2)11(3,4)5/h10,12H,6-9H2,1-5H3. The van der Waals surface area contributed by atoms with Gasteiger partial charge in [-0.05, 0) is 24.8 Å². The monoisotopic (exact) mass is 187 g/mol. The zero-order valence-electron chi connectivity index (χ0n) is 9.81. The molecule has 0 spiro atoms. The van der Waals surface area contributed by atoms with E-state index in [0.717, 1.165) is 26.3 Å². The van der Waals surface area contributed by atoms with Gasteiger partial charge >= 0.3 is 0 Å². The van der Waals surface area contributed by atoms with E-state index in [0.29, 0.717) is 11.3 Å². The van der Waals surface area contributed by atoms with Gasteiger partial charge in [0, 0.05) is 13.2 Å². The maximum absolute atomic E-state index is 5.24. The fourth-order valence-electron chi connectivity index (χ4n) is 0.913. The third-order valence-electron chi connectivity index (χ3n) is 2.56. The molecule has 0 aromatic carbocycles. The van der Waals surface area contributed by atoms with Crippen molar-refractivity contribution in [3.63, 3.8) is 0 Å². The summed E-state index contributed by atoms with van der Waals surface area (Å²) in [6, 6.07) is 0. The van der Waals surface area contributed by atoms with Crippen LogP contribution in [-0.2, 0) is 4.74 Å².